The number of rotatable bonds is 14. The summed E-state index contributed by atoms with van der Waals surface area (Å²) in [5.74, 6) is 1.28. The Labute approximate surface area is 243 Å². The van der Waals surface area contributed by atoms with E-state index in [1.54, 1.807) is 43.5 Å². The number of hydrogen-bond donors (Lipinski definition) is 1. The second-order valence-electron chi connectivity index (χ2n) is 10.1. The number of sulfonamides is 1. The van der Waals surface area contributed by atoms with Crippen molar-refractivity contribution in [3.8, 4) is 17.2 Å². The second kappa shape index (κ2) is 14.5. The van der Waals surface area contributed by atoms with Gasteiger partial charge in [0.15, 0.2) is 0 Å². The maximum atomic E-state index is 13.8. The minimum atomic E-state index is -3.85. The highest BCUT2D eigenvalue weighted by Crippen LogP contribution is 2.26. The normalized spacial score (nSPS) is 12.0. The van der Waals surface area contributed by atoms with Crippen LogP contribution in [0.5, 0.6) is 17.2 Å². The van der Waals surface area contributed by atoms with Gasteiger partial charge in [-0.2, -0.15) is 0 Å². The average Bonchev–Trinajstić information content (AvgIpc) is 2.95. The number of hydrogen-bond acceptors (Lipinski definition) is 6. The molecule has 0 saturated carbocycles. The quantitative estimate of drug-likeness (QED) is 0.292. The molecule has 0 aliphatic heterocycles. The molecule has 3 rings (SSSR count). The van der Waals surface area contributed by atoms with E-state index in [2.05, 4.69) is 5.32 Å². The summed E-state index contributed by atoms with van der Waals surface area (Å²) in [7, 11) is -2.28. The van der Waals surface area contributed by atoms with Gasteiger partial charge in [0.05, 0.1) is 19.1 Å². The van der Waals surface area contributed by atoms with Gasteiger partial charge in [-0.25, -0.2) is 8.42 Å². The summed E-state index contributed by atoms with van der Waals surface area (Å²) in [6, 6.07) is 22.1. The van der Waals surface area contributed by atoms with Crippen LogP contribution in [0.1, 0.15) is 32.8 Å². The summed E-state index contributed by atoms with van der Waals surface area (Å²) in [5.41, 5.74) is 1.09. The molecule has 2 amide bonds. The maximum absolute atomic E-state index is 13.8. The van der Waals surface area contributed by atoms with E-state index < -0.39 is 28.5 Å². The van der Waals surface area contributed by atoms with E-state index in [0.29, 0.717) is 35.9 Å². The predicted molar refractivity (Wildman–Crippen MR) is 161 cm³/mol. The Kier molecular flexibility index (Phi) is 11.2. The van der Waals surface area contributed by atoms with Crippen LogP contribution < -0.4 is 19.1 Å². The molecular weight excluding hydrogens is 542 g/mol. The first-order valence-electron chi connectivity index (χ1n) is 13.5. The number of nitrogens with one attached hydrogen (secondary N) is 1. The zero-order valence-electron chi connectivity index (χ0n) is 24.2. The number of methoxy groups -OCH3 is 1. The lowest BCUT2D eigenvalue weighted by molar-refractivity contribution is -0.140. The summed E-state index contributed by atoms with van der Waals surface area (Å²) in [4.78, 5) is 28.5. The molecule has 0 aliphatic carbocycles. The second-order valence-corrected chi connectivity index (χ2v) is 12.0. The Hall–Kier alpha value is -4.05. The van der Waals surface area contributed by atoms with E-state index in [4.69, 9.17) is 9.47 Å². The van der Waals surface area contributed by atoms with Crippen molar-refractivity contribution >= 4 is 27.5 Å². The van der Waals surface area contributed by atoms with Crippen molar-refractivity contribution in [1.82, 2.24) is 10.2 Å². The lowest BCUT2D eigenvalue weighted by atomic mass is 10.1. The van der Waals surface area contributed by atoms with Crippen LogP contribution in [0.25, 0.3) is 0 Å². The van der Waals surface area contributed by atoms with Gasteiger partial charge in [-0.05, 0) is 66.4 Å². The van der Waals surface area contributed by atoms with Crippen molar-refractivity contribution in [2.24, 2.45) is 5.92 Å². The molecule has 0 bridgehead atoms. The Morgan fingerprint density at radius 2 is 1.46 bits per heavy atom. The first kappa shape index (κ1) is 31.5. The highest BCUT2D eigenvalue weighted by atomic mass is 32.2. The standard InChI is InChI=1S/C31H39N3O6S/c1-6-29(31(36)32-20-23(2)3)33(21-24-12-16-26(39-4)17-13-24)30(35)22-34(41(5,37)38)25-14-18-28(19-15-25)40-27-10-8-7-9-11-27/h7-19,23,29H,6,20-22H2,1-5H3,(H,32,36). The Morgan fingerprint density at radius 1 is 0.878 bits per heavy atom. The average molecular weight is 582 g/mol. The molecule has 0 heterocycles. The summed E-state index contributed by atoms with van der Waals surface area (Å²) < 4.78 is 37.8. The van der Waals surface area contributed by atoms with Crippen molar-refractivity contribution in [2.45, 2.75) is 39.8 Å². The lowest BCUT2D eigenvalue weighted by Crippen LogP contribution is -2.52. The number of ether oxygens (including phenoxy) is 2. The molecule has 3 aromatic rings. The SMILES string of the molecule is CCC(C(=O)NCC(C)C)N(Cc1ccc(OC)cc1)C(=O)CN(c1ccc(Oc2ccccc2)cc1)S(C)(=O)=O. The zero-order valence-corrected chi connectivity index (χ0v) is 25.1. The molecule has 0 radical (unpaired) electrons. The van der Waals surface area contributed by atoms with E-state index >= 15 is 0 Å². The molecule has 1 atom stereocenters. The number of amides is 2. The van der Waals surface area contributed by atoms with E-state index in [9.17, 15) is 18.0 Å². The third-order valence-corrected chi connectivity index (χ3v) is 7.51. The molecule has 1 N–H and O–H groups in total. The number of carbonyl (C=O) groups is 2. The molecular formula is C31H39N3O6S. The van der Waals surface area contributed by atoms with Crippen molar-refractivity contribution < 1.29 is 27.5 Å². The minimum Gasteiger partial charge on any atom is -0.497 e. The molecule has 0 saturated heterocycles. The summed E-state index contributed by atoms with van der Waals surface area (Å²) in [5, 5.41) is 2.92. The molecule has 10 heteroatoms. The molecule has 0 spiro atoms. The smallest absolute Gasteiger partial charge is 0.244 e. The fraction of sp³-hybridized carbons (Fsp3) is 0.355. The highest BCUT2D eigenvalue weighted by molar-refractivity contribution is 7.92. The minimum absolute atomic E-state index is 0.123. The summed E-state index contributed by atoms with van der Waals surface area (Å²) >= 11 is 0. The fourth-order valence-electron chi connectivity index (χ4n) is 4.19. The van der Waals surface area contributed by atoms with Crippen LogP contribution >= 0.6 is 0 Å². The van der Waals surface area contributed by atoms with Crippen LogP contribution in [0.4, 0.5) is 5.69 Å². The summed E-state index contributed by atoms with van der Waals surface area (Å²) in [6.45, 7) is 5.92. The zero-order chi connectivity index (χ0) is 30.0. The topological polar surface area (TPSA) is 105 Å². The molecule has 0 fully saturated rings. The highest BCUT2D eigenvalue weighted by Gasteiger charge is 2.31. The van der Waals surface area contributed by atoms with Crippen LogP contribution in [0, 0.1) is 5.92 Å². The number of para-hydroxylation sites is 1. The predicted octanol–water partition coefficient (Wildman–Crippen LogP) is 4.83. The van der Waals surface area contributed by atoms with Gasteiger partial charge in [-0.1, -0.05) is 51.1 Å². The third kappa shape index (κ3) is 9.24. The lowest BCUT2D eigenvalue weighted by Gasteiger charge is -2.33. The van der Waals surface area contributed by atoms with Gasteiger partial charge in [0.1, 0.15) is 29.8 Å². The Bertz CT molecular complexity index is 1380. The fourth-order valence-corrected chi connectivity index (χ4v) is 5.04. The van der Waals surface area contributed by atoms with Crippen molar-refractivity contribution in [3.05, 3.63) is 84.4 Å². The van der Waals surface area contributed by atoms with Crippen LogP contribution in [0.15, 0.2) is 78.9 Å². The molecule has 220 valence electrons. The van der Waals surface area contributed by atoms with Gasteiger partial charge in [-0.3, -0.25) is 13.9 Å². The maximum Gasteiger partial charge on any atom is 0.244 e. The van der Waals surface area contributed by atoms with Gasteiger partial charge in [-0.15, -0.1) is 0 Å². The molecule has 0 aliphatic rings. The Balaban J connectivity index is 1.88. The Morgan fingerprint density at radius 3 is 2.00 bits per heavy atom. The van der Waals surface area contributed by atoms with Crippen molar-refractivity contribution in [1.29, 1.82) is 0 Å². The third-order valence-electron chi connectivity index (χ3n) is 6.37. The van der Waals surface area contributed by atoms with Crippen LogP contribution in [0.2, 0.25) is 0 Å². The van der Waals surface area contributed by atoms with Crippen LogP contribution in [-0.2, 0) is 26.2 Å². The molecule has 0 aromatic heterocycles. The number of benzene rings is 3. The first-order chi connectivity index (χ1) is 19.5. The van der Waals surface area contributed by atoms with E-state index in [1.165, 1.54) is 4.90 Å². The van der Waals surface area contributed by atoms with Gasteiger partial charge >= 0.3 is 0 Å². The van der Waals surface area contributed by atoms with E-state index in [1.807, 2.05) is 63.2 Å². The molecule has 9 nitrogen and oxygen atoms in total. The monoisotopic (exact) mass is 581 g/mol. The molecule has 41 heavy (non-hydrogen) atoms. The van der Waals surface area contributed by atoms with Gasteiger partial charge in [0.25, 0.3) is 0 Å². The summed E-state index contributed by atoms with van der Waals surface area (Å²) in [6.07, 6.45) is 1.41. The van der Waals surface area contributed by atoms with Crippen LogP contribution in [-0.4, -0.2) is 57.6 Å². The molecule has 3 aromatic carbocycles. The van der Waals surface area contributed by atoms with Gasteiger partial charge in [0.2, 0.25) is 21.8 Å². The number of nitrogens with zero attached hydrogens (tertiary/aromatic N) is 2. The van der Waals surface area contributed by atoms with E-state index in [0.717, 1.165) is 16.1 Å². The van der Waals surface area contributed by atoms with Gasteiger partial charge in [0, 0.05) is 13.1 Å². The number of carbonyl (C=O) groups excluding carboxylic acids is 2. The van der Waals surface area contributed by atoms with Crippen molar-refractivity contribution in [3.63, 3.8) is 0 Å². The van der Waals surface area contributed by atoms with Gasteiger partial charge < -0.3 is 19.7 Å². The largest absolute Gasteiger partial charge is 0.497 e. The van der Waals surface area contributed by atoms with E-state index in [-0.39, 0.29) is 18.4 Å². The van der Waals surface area contributed by atoms with Crippen LogP contribution in [0.3, 0.4) is 0 Å². The first-order valence-corrected chi connectivity index (χ1v) is 15.4. The number of anilines is 1. The van der Waals surface area contributed by atoms with Crippen molar-refractivity contribution in [2.75, 3.05) is 30.8 Å². The molecule has 1 unspecified atom stereocenters.